The number of aryl methyl sites for hydroxylation is 2. The number of piperazine rings is 1. The maximum absolute atomic E-state index is 13.5. The molecule has 1 N–H and O–H groups in total. The Balaban J connectivity index is 1.56. The Hall–Kier alpha value is -3.52. The first kappa shape index (κ1) is 24.2. The van der Waals surface area contributed by atoms with Gasteiger partial charge in [0.25, 0.3) is 5.56 Å². The Morgan fingerprint density at radius 2 is 1.64 bits per heavy atom. The minimum absolute atomic E-state index is 0.0952. The van der Waals surface area contributed by atoms with Gasteiger partial charge >= 0.3 is 0 Å². The van der Waals surface area contributed by atoms with Gasteiger partial charge in [-0.1, -0.05) is 30.3 Å². The van der Waals surface area contributed by atoms with Gasteiger partial charge in [0.05, 0.1) is 11.1 Å². The summed E-state index contributed by atoms with van der Waals surface area (Å²) < 4.78 is 1.86. The number of H-pyrrole nitrogens is 1. The molecule has 4 aromatic rings. The Labute approximate surface area is 211 Å². The largest absolute Gasteiger partial charge is 0.369 e. The number of aromatic amines is 1. The van der Waals surface area contributed by atoms with Crippen molar-refractivity contribution in [3.8, 4) is 0 Å². The van der Waals surface area contributed by atoms with Crippen LogP contribution in [-0.4, -0.2) is 56.3 Å². The number of nitrogens with one attached hydrogen (secondary N) is 1. The van der Waals surface area contributed by atoms with Gasteiger partial charge in [-0.25, -0.2) is 4.68 Å². The maximum Gasteiger partial charge on any atom is 0.253 e. The zero-order chi connectivity index (χ0) is 25.6. The molecule has 0 unspecified atom stereocenters. The van der Waals surface area contributed by atoms with Crippen LogP contribution in [0.5, 0.6) is 0 Å². The van der Waals surface area contributed by atoms with Crippen LogP contribution < -0.4 is 10.5 Å². The minimum Gasteiger partial charge on any atom is -0.369 e. The Morgan fingerprint density at radius 3 is 2.36 bits per heavy atom. The van der Waals surface area contributed by atoms with Crippen LogP contribution >= 0.6 is 0 Å². The van der Waals surface area contributed by atoms with Crippen LogP contribution in [0.1, 0.15) is 54.9 Å². The van der Waals surface area contributed by atoms with Crippen molar-refractivity contribution in [2.75, 3.05) is 31.1 Å². The van der Waals surface area contributed by atoms with Crippen molar-refractivity contribution in [1.82, 2.24) is 30.1 Å². The van der Waals surface area contributed by atoms with Gasteiger partial charge in [0.15, 0.2) is 5.82 Å². The summed E-state index contributed by atoms with van der Waals surface area (Å²) in [5, 5.41) is 13.8. The third-order valence-electron chi connectivity index (χ3n) is 7.38. The van der Waals surface area contributed by atoms with Crippen molar-refractivity contribution in [3.63, 3.8) is 0 Å². The van der Waals surface area contributed by atoms with E-state index in [0.29, 0.717) is 11.4 Å². The molecule has 0 bridgehead atoms. The number of hydrogen-bond acceptors (Lipinski definition) is 6. The number of nitrogens with zero attached hydrogens (tertiary/aromatic N) is 6. The quantitative estimate of drug-likeness (QED) is 0.469. The maximum atomic E-state index is 13.5. The van der Waals surface area contributed by atoms with Crippen molar-refractivity contribution in [1.29, 1.82) is 0 Å². The normalized spacial score (nSPS) is 16.0. The Kier molecular flexibility index (Phi) is 6.16. The highest BCUT2D eigenvalue weighted by molar-refractivity contribution is 5.82. The summed E-state index contributed by atoms with van der Waals surface area (Å²) in [4.78, 5) is 21.5. The third-order valence-corrected chi connectivity index (χ3v) is 7.38. The average Bonchev–Trinajstić information content (AvgIpc) is 3.33. The molecule has 5 rings (SSSR count). The van der Waals surface area contributed by atoms with Crippen molar-refractivity contribution < 1.29 is 0 Å². The van der Waals surface area contributed by atoms with E-state index >= 15 is 0 Å². The third kappa shape index (κ3) is 4.30. The van der Waals surface area contributed by atoms with Crippen LogP contribution in [0, 0.1) is 20.8 Å². The summed E-state index contributed by atoms with van der Waals surface area (Å²) in [7, 11) is 0. The van der Waals surface area contributed by atoms with Gasteiger partial charge in [-0.05, 0) is 86.2 Å². The van der Waals surface area contributed by atoms with Gasteiger partial charge in [0.1, 0.15) is 6.04 Å². The van der Waals surface area contributed by atoms with Gasteiger partial charge < -0.3 is 9.88 Å². The Morgan fingerprint density at radius 1 is 0.944 bits per heavy atom. The molecule has 0 aliphatic carbocycles. The number of tetrazole rings is 1. The lowest BCUT2D eigenvalue weighted by atomic mass is 10.00. The fourth-order valence-electron chi connectivity index (χ4n) is 5.24. The first-order valence-electron chi connectivity index (χ1n) is 12.6. The molecule has 1 atom stereocenters. The number of anilines is 1. The number of para-hydroxylation sites is 1. The standard InChI is InChI=1S/C28H35N7O/c1-18-9-8-12-23(20(18)3)33-13-15-34(16-14-33)25(26-30-31-32-35(26)28(4,5)6)22-17-21-11-7-10-19(2)24(21)29-27(22)36/h7-12,17,25H,13-16H2,1-6H3,(H,29,36)/t25-/m1/s1. The zero-order valence-electron chi connectivity index (χ0n) is 22.0. The molecule has 36 heavy (non-hydrogen) atoms. The first-order valence-corrected chi connectivity index (χ1v) is 12.6. The second kappa shape index (κ2) is 9.17. The molecule has 8 nitrogen and oxygen atoms in total. The summed E-state index contributed by atoms with van der Waals surface area (Å²) in [6.45, 7) is 15.9. The topological polar surface area (TPSA) is 82.9 Å². The molecule has 0 radical (unpaired) electrons. The van der Waals surface area contributed by atoms with E-state index in [-0.39, 0.29) is 17.1 Å². The summed E-state index contributed by atoms with van der Waals surface area (Å²) in [5.74, 6) is 0.695. The van der Waals surface area contributed by atoms with E-state index in [1.165, 1.54) is 16.8 Å². The molecule has 1 aliphatic rings. The average molecular weight is 486 g/mol. The first-order chi connectivity index (χ1) is 17.1. The second-order valence-corrected chi connectivity index (χ2v) is 10.9. The van der Waals surface area contributed by atoms with Crippen molar-refractivity contribution >= 4 is 16.6 Å². The molecule has 2 aromatic carbocycles. The van der Waals surface area contributed by atoms with Crippen molar-refractivity contribution in [3.05, 3.63) is 80.9 Å². The predicted molar refractivity (Wildman–Crippen MR) is 144 cm³/mol. The SMILES string of the molecule is Cc1cccc(N2CCN([C@H](c3cc4cccc(C)c4[nH]c3=O)c3nnnn3C(C)(C)C)CC2)c1C. The fraction of sp³-hybridized carbons (Fsp3) is 0.429. The fourth-order valence-corrected chi connectivity index (χ4v) is 5.24. The van der Waals surface area contributed by atoms with Crippen molar-refractivity contribution in [2.45, 2.75) is 53.1 Å². The van der Waals surface area contributed by atoms with Crippen molar-refractivity contribution in [2.24, 2.45) is 0 Å². The van der Waals surface area contributed by atoms with E-state index in [1.807, 2.05) is 35.9 Å². The molecular formula is C28H35N7O. The molecule has 0 saturated carbocycles. The molecule has 8 heteroatoms. The van der Waals surface area contributed by atoms with Crippen LogP contribution in [0.15, 0.2) is 47.3 Å². The molecule has 2 aromatic heterocycles. The monoisotopic (exact) mass is 485 g/mol. The lowest BCUT2D eigenvalue weighted by Gasteiger charge is -2.40. The zero-order valence-corrected chi connectivity index (χ0v) is 22.0. The number of pyridine rings is 1. The van der Waals surface area contributed by atoms with E-state index < -0.39 is 0 Å². The summed E-state index contributed by atoms with van der Waals surface area (Å²) in [5.41, 5.74) is 6.09. The highest BCUT2D eigenvalue weighted by Gasteiger charge is 2.35. The van der Waals surface area contributed by atoms with Gasteiger partial charge in [-0.15, -0.1) is 5.10 Å². The van der Waals surface area contributed by atoms with Crippen LogP contribution in [0.4, 0.5) is 5.69 Å². The smallest absolute Gasteiger partial charge is 0.253 e. The van der Waals surface area contributed by atoms with E-state index in [0.717, 1.165) is 42.6 Å². The molecule has 1 aliphatic heterocycles. The van der Waals surface area contributed by atoms with Gasteiger partial charge in [0.2, 0.25) is 0 Å². The number of hydrogen-bond donors (Lipinski definition) is 1. The molecule has 0 spiro atoms. The Bertz CT molecular complexity index is 1460. The van der Waals surface area contributed by atoms with E-state index in [1.54, 1.807) is 0 Å². The van der Waals surface area contributed by atoms with Crippen LogP contribution in [0.25, 0.3) is 10.9 Å². The van der Waals surface area contributed by atoms with E-state index in [2.05, 4.69) is 83.1 Å². The highest BCUT2D eigenvalue weighted by Crippen LogP contribution is 2.32. The minimum atomic E-state index is -0.353. The van der Waals surface area contributed by atoms with E-state index in [9.17, 15) is 4.79 Å². The predicted octanol–water partition coefficient (Wildman–Crippen LogP) is 4.11. The summed E-state index contributed by atoms with van der Waals surface area (Å²) in [6.07, 6.45) is 0. The number of fused-ring (bicyclic) bond motifs is 1. The lowest BCUT2D eigenvalue weighted by molar-refractivity contribution is 0.190. The van der Waals surface area contributed by atoms with Gasteiger partial charge in [-0.2, -0.15) is 0 Å². The molecule has 3 heterocycles. The van der Waals surface area contributed by atoms with Crippen LogP contribution in [0.2, 0.25) is 0 Å². The van der Waals surface area contributed by atoms with Crippen LogP contribution in [0.3, 0.4) is 0 Å². The molecule has 0 amide bonds. The summed E-state index contributed by atoms with van der Waals surface area (Å²) in [6, 6.07) is 14.2. The number of rotatable bonds is 4. The molecule has 1 saturated heterocycles. The van der Waals surface area contributed by atoms with Gasteiger partial charge in [0, 0.05) is 37.4 Å². The number of aromatic nitrogens is 5. The summed E-state index contributed by atoms with van der Waals surface area (Å²) >= 11 is 0. The number of benzene rings is 2. The molecule has 1 fully saturated rings. The second-order valence-electron chi connectivity index (χ2n) is 10.9. The van der Waals surface area contributed by atoms with E-state index in [4.69, 9.17) is 0 Å². The highest BCUT2D eigenvalue weighted by atomic mass is 16.1. The lowest BCUT2D eigenvalue weighted by Crippen LogP contribution is -2.49. The molecular weight excluding hydrogens is 450 g/mol. The van der Waals surface area contributed by atoms with Crippen LogP contribution in [-0.2, 0) is 5.54 Å². The molecule has 188 valence electrons. The van der Waals surface area contributed by atoms with Gasteiger partial charge in [-0.3, -0.25) is 9.69 Å².